The van der Waals surface area contributed by atoms with Gasteiger partial charge in [-0.15, -0.1) is 0 Å². The van der Waals surface area contributed by atoms with Crippen molar-refractivity contribution in [2.75, 3.05) is 7.11 Å². The van der Waals surface area contributed by atoms with E-state index in [1.165, 1.54) is 5.57 Å². The van der Waals surface area contributed by atoms with Gasteiger partial charge in [0.25, 0.3) is 0 Å². The summed E-state index contributed by atoms with van der Waals surface area (Å²) < 4.78 is 24.1. The quantitative estimate of drug-likeness (QED) is 0.268. The van der Waals surface area contributed by atoms with Crippen molar-refractivity contribution < 1.29 is 38.7 Å². The molecule has 0 amide bonds. The predicted octanol–water partition coefficient (Wildman–Crippen LogP) is 4.65. The van der Waals surface area contributed by atoms with Crippen LogP contribution < -0.4 is 0 Å². The molecule has 5 rings (SSSR count). The van der Waals surface area contributed by atoms with Crippen molar-refractivity contribution in [3.8, 4) is 0 Å². The molecule has 0 aromatic rings. The molecule has 2 N–H and O–H groups in total. The number of aliphatic hydroxyl groups excluding tert-OH is 1. The molecule has 4 fully saturated rings. The van der Waals surface area contributed by atoms with E-state index in [2.05, 4.69) is 13.0 Å². The van der Waals surface area contributed by atoms with E-state index in [1.807, 2.05) is 20.8 Å². The van der Waals surface area contributed by atoms with Crippen molar-refractivity contribution in [2.45, 2.75) is 135 Å². The Kier molecular flexibility index (Phi) is 8.40. The van der Waals surface area contributed by atoms with Gasteiger partial charge < -0.3 is 29.2 Å². The van der Waals surface area contributed by atoms with Crippen LogP contribution in [0.25, 0.3) is 0 Å². The molecule has 8 nitrogen and oxygen atoms in total. The first-order valence-corrected chi connectivity index (χ1v) is 15.6. The highest BCUT2D eigenvalue weighted by atomic mass is 16.7. The van der Waals surface area contributed by atoms with Gasteiger partial charge in [-0.25, -0.2) is 4.79 Å². The number of methoxy groups -OCH3 is 1. The van der Waals surface area contributed by atoms with Crippen LogP contribution in [-0.4, -0.2) is 71.5 Å². The second-order valence-corrected chi connectivity index (χ2v) is 13.9. The molecule has 12 atom stereocenters. The molecule has 4 aliphatic carbocycles. The molecule has 1 aliphatic heterocycles. The molecule has 1 saturated heterocycles. The maximum Gasteiger partial charge on any atom is 0.333 e. The standard InChI is InChI=1S/C33H50O8/c1-8-18(2)30(36)41-27-16-25-24(33(37)14-12-23(19(3)34)32(27,33)6)10-9-21-15-22(11-13-31(21,25)5)40-28-17-26(38-7)29(35)20(4)39-28/h8-9,20,22-29,35,37H,10-17H2,1-7H3/b18-8+/t20-,22-,23+,24+,25-,26-,27+,28-,29-,31-,32-,33-/m0/s1. The minimum atomic E-state index is -1.10. The number of carbonyl (C=O) groups excluding carboxylic acids is 2. The molecule has 230 valence electrons. The van der Waals surface area contributed by atoms with Crippen molar-refractivity contribution in [3.05, 3.63) is 23.3 Å². The molecule has 0 spiro atoms. The summed E-state index contributed by atoms with van der Waals surface area (Å²) in [6.07, 6.45) is 7.25. The van der Waals surface area contributed by atoms with Crippen molar-refractivity contribution >= 4 is 11.8 Å². The third kappa shape index (κ3) is 4.86. The molecular formula is C33H50O8. The molecule has 0 unspecified atom stereocenters. The number of fused-ring (bicyclic) bond motifs is 5. The normalized spacial score (nSPS) is 48.0. The van der Waals surface area contributed by atoms with E-state index in [4.69, 9.17) is 18.9 Å². The average molecular weight is 575 g/mol. The van der Waals surface area contributed by atoms with Gasteiger partial charge in [0.1, 0.15) is 18.0 Å². The number of carbonyl (C=O) groups is 2. The molecule has 0 aromatic heterocycles. The maximum absolute atomic E-state index is 13.1. The number of aliphatic hydroxyl groups is 2. The Hall–Kier alpha value is -1.58. The summed E-state index contributed by atoms with van der Waals surface area (Å²) in [5.74, 6) is -0.540. The number of hydrogen-bond donors (Lipinski definition) is 2. The minimum Gasteiger partial charge on any atom is -0.458 e. The van der Waals surface area contributed by atoms with Crippen LogP contribution in [0.1, 0.15) is 92.9 Å². The van der Waals surface area contributed by atoms with Crippen LogP contribution in [0.3, 0.4) is 0 Å². The lowest BCUT2D eigenvalue weighted by Gasteiger charge is -2.63. The average Bonchev–Trinajstić information content (AvgIpc) is 3.23. The van der Waals surface area contributed by atoms with E-state index < -0.39 is 29.5 Å². The number of rotatable bonds is 6. The Morgan fingerprint density at radius 2 is 1.85 bits per heavy atom. The van der Waals surface area contributed by atoms with Crippen molar-refractivity contribution in [2.24, 2.45) is 28.6 Å². The van der Waals surface area contributed by atoms with E-state index in [1.54, 1.807) is 27.0 Å². The predicted molar refractivity (Wildman–Crippen MR) is 153 cm³/mol. The SMILES string of the molecule is C/C=C(\C)C(=O)O[C@@H]1C[C@H]2[C@@H](CC=C3C[C@@H](O[C@H]4C[C@H](OC)[C@@H](O)[C@H](C)O4)CC[C@@]32C)[C@@]2(O)CC[C@H](C(C)=O)[C@@]12C. The third-order valence-corrected chi connectivity index (χ3v) is 12.1. The van der Waals surface area contributed by atoms with Gasteiger partial charge in [-0.3, -0.25) is 4.79 Å². The fourth-order valence-corrected chi connectivity index (χ4v) is 9.37. The Morgan fingerprint density at radius 3 is 2.51 bits per heavy atom. The second-order valence-electron chi connectivity index (χ2n) is 13.9. The van der Waals surface area contributed by atoms with Crippen LogP contribution >= 0.6 is 0 Å². The number of ketones is 1. The van der Waals surface area contributed by atoms with Crippen LogP contribution in [0, 0.1) is 28.6 Å². The lowest BCUT2D eigenvalue weighted by atomic mass is 9.45. The van der Waals surface area contributed by atoms with E-state index in [-0.39, 0.29) is 53.2 Å². The molecular weight excluding hydrogens is 524 g/mol. The Balaban J connectivity index is 1.40. The third-order valence-electron chi connectivity index (χ3n) is 12.1. The fraction of sp³-hybridized carbons (Fsp3) is 0.818. The van der Waals surface area contributed by atoms with Crippen LogP contribution in [0.2, 0.25) is 0 Å². The van der Waals surface area contributed by atoms with E-state index in [9.17, 15) is 19.8 Å². The zero-order valence-corrected chi connectivity index (χ0v) is 25.9. The van der Waals surface area contributed by atoms with Crippen molar-refractivity contribution in [1.29, 1.82) is 0 Å². The van der Waals surface area contributed by atoms with Crippen molar-refractivity contribution in [3.63, 3.8) is 0 Å². The zero-order valence-electron chi connectivity index (χ0n) is 25.9. The topological polar surface area (TPSA) is 112 Å². The summed E-state index contributed by atoms with van der Waals surface area (Å²) in [4.78, 5) is 26.0. The summed E-state index contributed by atoms with van der Waals surface area (Å²) >= 11 is 0. The largest absolute Gasteiger partial charge is 0.458 e. The van der Waals surface area contributed by atoms with Gasteiger partial charge >= 0.3 is 5.97 Å². The van der Waals surface area contributed by atoms with Gasteiger partial charge in [0, 0.05) is 30.4 Å². The van der Waals surface area contributed by atoms with E-state index in [0.29, 0.717) is 31.3 Å². The van der Waals surface area contributed by atoms with Crippen molar-refractivity contribution in [1.82, 2.24) is 0 Å². The van der Waals surface area contributed by atoms with Gasteiger partial charge in [0.2, 0.25) is 0 Å². The van der Waals surface area contributed by atoms with Gasteiger partial charge in [-0.2, -0.15) is 0 Å². The van der Waals surface area contributed by atoms with E-state index in [0.717, 1.165) is 25.7 Å². The summed E-state index contributed by atoms with van der Waals surface area (Å²) in [6, 6.07) is 0. The molecule has 41 heavy (non-hydrogen) atoms. The van der Waals surface area contributed by atoms with Gasteiger partial charge in [0.05, 0.1) is 23.9 Å². The smallest absolute Gasteiger partial charge is 0.333 e. The zero-order chi connectivity index (χ0) is 29.9. The van der Waals surface area contributed by atoms with Crippen LogP contribution in [-0.2, 0) is 28.5 Å². The Morgan fingerprint density at radius 1 is 1.12 bits per heavy atom. The summed E-state index contributed by atoms with van der Waals surface area (Å²) in [6.45, 7) is 11.3. The summed E-state index contributed by atoms with van der Waals surface area (Å²) in [5.41, 5.74) is -0.220. The maximum atomic E-state index is 13.1. The van der Waals surface area contributed by atoms with Gasteiger partial charge in [0.15, 0.2) is 6.29 Å². The number of esters is 1. The van der Waals surface area contributed by atoms with Crippen LogP contribution in [0.15, 0.2) is 23.3 Å². The fourth-order valence-electron chi connectivity index (χ4n) is 9.37. The first-order valence-electron chi connectivity index (χ1n) is 15.6. The van der Waals surface area contributed by atoms with Gasteiger partial charge in [-0.05, 0) is 89.9 Å². The molecule has 1 heterocycles. The first kappa shape index (κ1) is 30.9. The Bertz CT molecular complexity index is 1100. The number of ether oxygens (including phenoxy) is 4. The number of allylic oxidation sites excluding steroid dienone is 2. The lowest BCUT2D eigenvalue weighted by Crippen LogP contribution is -2.66. The molecule has 0 radical (unpaired) electrons. The monoisotopic (exact) mass is 574 g/mol. The Labute approximate surface area is 244 Å². The highest BCUT2D eigenvalue weighted by Gasteiger charge is 2.71. The summed E-state index contributed by atoms with van der Waals surface area (Å²) in [7, 11) is 1.61. The minimum absolute atomic E-state index is 0.00712. The molecule has 0 bridgehead atoms. The lowest BCUT2D eigenvalue weighted by molar-refractivity contribution is -0.267. The summed E-state index contributed by atoms with van der Waals surface area (Å²) in [5, 5.41) is 22.9. The first-order chi connectivity index (χ1) is 19.3. The van der Waals surface area contributed by atoms with E-state index >= 15 is 0 Å². The van der Waals surface area contributed by atoms with Gasteiger partial charge in [-0.1, -0.05) is 31.6 Å². The number of hydrogen-bond acceptors (Lipinski definition) is 8. The highest BCUT2D eigenvalue weighted by molar-refractivity contribution is 5.88. The molecule has 5 aliphatic rings. The number of Topliss-reactive ketones (excluding diaryl/α,β-unsaturated/α-hetero) is 1. The second kappa shape index (κ2) is 11.2. The van der Waals surface area contributed by atoms with Crippen LogP contribution in [0.4, 0.5) is 0 Å². The molecule has 8 heteroatoms. The molecule has 0 aromatic carbocycles. The molecule has 3 saturated carbocycles. The van der Waals surface area contributed by atoms with Crippen LogP contribution in [0.5, 0.6) is 0 Å². The highest BCUT2D eigenvalue weighted by Crippen LogP contribution is 2.68.